The van der Waals surface area contributed by atoms with E-state index < -0.39 is 0 Å². The van der Waals surface area contributed by atoms with Gasteiger partial charge in [0.15, 0.2) is 6.10 Å². The van der Waals surface area contributed by atoms with Crippen molar-refractivity contribution >= 4 is 11.6 Å². The van der Waals surface area contributed by atoms with Gasteiger partial charge in [0.2, 0.25) is 0 Å². The molecule has 2 heterocycles. The first-order valence-electron chi connectivity index (χ1n) is 6.58. The Labute approximate surface area is 113 Å². The van der Waals surface area contributed by atoms with Crippen molar-refractivity contribution in [3.05, 3.63) is 11.9 Å². The highest BCUT2D eigenvalue weighted by Gasteiger charge is 2.21. The molecule has 1 unspecified atom stereocenters. The Bertz CT molecular complexity index is 471. The van der Waals surface area contributed by atoms with Gasteiger partial charge >= 0.3 is 0 Å². The average molecular weight is 261 g/mol. The summed E-state index contributed by atoms with van der Waals surface area (Å²) in [5.41, 5.74) is 0. The van der Waals surface area contributed by atoms with Crippen LogP contribution >= 0.6 is 0 Å². The molecule has 6 heteroatoms. The van der Waals surface area contributed by atoms with Crippen LogP contribution in [0.15, 0.2) is 6.07 Å². The van der Waals surface area contributed by atoms with Crippen molar-refractivity contribution in [1.82, 2.24) is 9.97 Å². The van der Waals surface area contributed by atoms with E-state index in [2.05, 4.69) is 33.2 Å². The van der Waals surface area contributed by atoms with Crippen LogP contribution in [-0.2, 0) is 11.2 Å². The third-order valence-corrected chi connectivity index (χ3v) is 3.02. The molecule has 1 aliphatic heterocycles. The number of nitrogens with one attached hydrogen (secondary N) is 1. The largest absolute Gasteiger partial charge is 0.373 e. The molecule has 19 heavy (non-hydrogen) atoms. The van der Waals surface area contributed by atoms with E-state index in [-0.39, 0.29) is 6.10 Å². The van der Waals surface area contributed by atoms with Crippen LogP contribution in [-0.4, -0.2) is 42.8 Å². The first-order valence-corrected chi connectivity index (χ1v) is 6.58. The van der Waals surface area contributed by atoms with E-state index >= 15 is 0 Å². The summed E-state index contributed by atoms with van der Waals surface area (Å²) in [6.07, 6.45) is 1.49. The Kier molecular flexibility index (Phi) is 4.53. The summed E-state index contributed by atoms with van der Waals surface area (Å²) < 4.78 is 5.35. The number of hydrogen-bond donors (Lipinski definition) is 1. The van der Waals surface area contributed by atoms with Crippen LogP contribution in [0.25, 0.3) is 0 Å². The van der Waals surface area contributed by atoms with Gasteiger partial charge in [-0.25, -0.2) is 9.97 Å². The Morgan fingerprint density at radius 2 is 2.42 bits per heavy atom. The number of hydrogen-bond acceptors (Lipinski definition) is 6. The highest BCUT2D eigenvalue weighted by molar-refractivity contribution is 5.49. The number of rotatable bonds is 4. The molecule has 1 aromatic heterocycles. The van der Waals surface area contributed by atoms with Crippen LogP contribution in [0.1, 0.15) is 19.2 Å². The van der Waals surface area contributed by atoms with Crippen molar-refractivity contribution in [3.8, 4) is 6.07 Å². The lowest BCUT2D eigenvalue weighted by molar-refractivity contribution is 0.0761. The molecule has 1 saturated heterocycles. The Balaban J connectivity index is 2.22. The summed E-state index contributed by atoms with van der Waals surface area (Å²) in [7, 11) is 1.85. The third kappa shape index (κ3) is 3.32. The molecule has 1 aliphatic rings. The number of aryl methyl sites for hydroxylation is 1. The number of nitriles is 1. The monoisotopic (exact) mass is 261 g/mol. The van der Waals surface area contributed by atoms with E-state index in [0.717, 1.165) is 36.8 Å². The molecule has 1 atom stereocenters. The molecule has 0 spiro atoms. The van der Waals surface area contributed by atoms with Crippen LogP contribution < -0.4 is 10.2 Å². The van der Waals surface area contributed by atoms with E-state index in [0.29, 0.717) is 13.2 Å². The lowest BCUT2D eigenvalue weighted by atomic mass is 10.2. The minimum atomic E-state index is -0.378. The molecular formula is C13H19N5O. The van der Waals surface area contributed by atoms with Gasteiger partial charge in [-0.1, -0.05) is 6.92 Å². The normalized spacial score (nSPS) is 19.0. The minimum Gasteiger partial charge on any atom is -0.373 e. The molecule has 0 radical (unpaired) electrons. The van der Waals surface area contributed by atoms with Gasteiger partial charge in [0.05, 0.1) is 19.2 Å². The van der Waals surface area contributed by atoms with Crippen molar-refractivity contribution in [3.63, 3.8) is 0 Å². The summed E-state index contributed by atoms with van der Waals surface area (Å²) in [4.78, 5) is 11.1. The molecule has 0 aliphatic carbocycles. The van der Waals surface area contributed by atoms with E-state index in [1.54, 1.807) is 0 Å². The highest BCUT2D eigenvalue weighted by atomic mass is 16.5. The van der Waals surface area contributed by atoms with Crippen LogP contribution in [0.3, 0.4) is 0 Å². The zero-order valence-corrected chi connectivity index (χ0v) is 11.4. The van der Waals surface area contributed by atoms with E-state index in [9.17, 15) is 0 Å². The van der Waals surface area contributed by atoms with Gasteiger partial charge in [-0.2, -0.15) is 5.26 Å². The van der Waals surface area contributed by atoms with Crippen molar-refractivity contribution in [1.29, 1.82) is 5.26 Å². The lowest BCUT2D eigenvalue weighted by Gasteiger charge is -2.31. The fourth-order valence-electron chi connectivity index (χ4n) is 2.04. The molecule has 1 N–H and O–H groups in total. The minimum absolute atomic E-state index is 0.378. The number of nitrogens with zero attached hydrogens (tertiary/aromatic N) is 4. The summed E-state index contributed by atoms with van der Waals surface area (Å²) in [6.45, 7) is 3.97. The third-order valence-electron chi connectivity index (χ3n) is 3.02. The predicted octanol–water partition coefficient (Wildman–Crippen LogP) is 1.20. The number of ether oxygens (including phenoxy) is 1. The van der Waals surface area contributed by atoms with Crippen molar-refractivity contribution in [2.24, 2.45) is 0 Å². The molecule has 0 bridgehead atoms. The van der Waals surface area contributed by atoms with Crippen molar-refractivity contribution < 1.29 is 4.74 Å². The van der Waals surface area contributed by atoms with Gasteiger partial charge in [0.25, 0.3) is 0 Å². The summed E-state index contributed by atoms with van der Waals surface area (Å²) in [6, 6.07) is 4.06. The molecule has 1 aromatic rings. The van der Waals surface area contributed by atoms with Gasteiger partial charge in [-0.05, 0) is 6.42 Å². The SMILES string of the molecule is CCCc1nc(NC)cc(N2CCOC(C#N)C2)n1. The smallest absolute Gasteiger partial charge is 0.161 e. The van der Waals surface area contributed by atoms with Crippen LogP contribution in [0.5, 0.6) is 0 Å². The van der Waals surface area contributed by atoms with Crippen molar-refractivity contribution in [2.45, 2.75) is 25.9 Å². The Morgan fingerprint density at radius 3 is 3.11 bits per heavy atom. The molecule has 2 rings (SSSR count). The van der Waals surface area contributed by atoms with Crippen LogP contribution in [0, 0.1) is 11.3 Å². The predicted molar refractivity (Wildman–Crippen MR) is 73.1 cm³/mol. The van der Waals surface area contributed by atoms with E-state index in [4.69, 9.17) is 10.00 Å². The molecule has 102 valence electrons. The maximum Gasteiger partial charge on any atom is 0.161 e. The number of morpholine rings is 1. The van der Waals surface area contributed by atoms with Crippen LogP contribution in [0.2, 0.25) is 0 Å². The van der Waals surface area contributed by atoms with Gasteiger partial charge < -0.3 is 15.0 Å². The van der Waals surface area contributed by atoms with Gasteiger partial charge in [-0.3, -0.25) is 0 Å². The topological polar surface area (TPSA) is 74.1 Å². The second kappa shape index (κ2) is 6.34. The van der Waals surface area contributed by atoms with E-state index in [1.165, 1.54) is 0 Å². The molecule has 0 saturated carbocycles. The number of aromatic nitrogens is 2. The second-order valence-corrected chi connectivity index (χ2v) is 4.46. The van der Waals surface area contributed by atoms with E-state index in [1.807, 2.05) is 13.1 Å². The second-order valence-electron chi connectivity index (χ2n) is 4.46. The zero-order chi connectivity index (χ0) is 13.7. The summed E-state index contributed by atoms with van der Waals surface area (Å²) >= 11 is 0. The molecule has 1 fully saturated rings. The standard InChI is InChI=1S/C13H19N5O/c1-3-4-11-16-12(15-2)7-13(17-11)18-5-6-19-10(8-14)9-18/h7,10H,3-6,9H2,1-2H3,(H,15,16,17). The van der Waals surface area contributed by atoms with Gasteiger partial charge in [-0.15, -0.1) is 0 Å². The lowest BCUT2D eigenvalue weighted by Crippen LogP contribution is -2.42. The molecule has 6 nitrogen and oxygen atoms in total. The first-order chi connectivity index (χ1) is 9.26. The van der Waals surface area contributed by atoms with Crippen molar-refractivity contribution in [2.75, 3.05) is 37.0 Å². The van der Waals surface area contributed by atoms with Gasteiger partial charge in [0.1, 0.15) is 17.5 Å². The van der Waals surface area contributed by atoms with Gasteiger partial charge in [0, 0.05) is 26.1 Å². The number of anilines is 2. The average Bonchev–Trinajstić information content (AvgIpc) is 2.47. The van der Waals surface area contributed by atoms with Crippen LogP contribution in [0.4, 0.5) is 11.6 Å². The molecule has 0 amide bonds. The zero-order valence-electron chi connectivity index (χ0n) is 11.4. The fourth-order valence-corrected chi connectivity index (χ4v) is 2.04. The highest BCUT2D eigenvalue weighted by Crippen LogP contribution is 2.19. The fraction of sp³-hybridized carbons (Fsp3) is 0.615. The summed E-state index contributed by atoms with van der Waals surface area (Å²) in [5.74, 6) is 2.52. The molecular weight excluding hydrogens is 242 g/mol. The Morgan fingerprint density at radius 1 is 1.58 bits per heavy atom. The first kappa shape index (κ1) is 13.6. The Hall–Kier alpha value is -1.87. The molecule has 0 aromatic carbocycles. The maximum atomic E-state index is 8.95. The summed E-state index contributed by atoms with van der Waals surface area (Å²) in [5, 5.41) is 12.0. The maximum absolute atomic E-state index is 8.95. The quantitative estimate of drug-likeness (QED) is 0.878.